The second-order valence-corrected chi connectivity index (χ2v) is 6.40. The van der Waals surface area contributed by atoms with Crippen molar-refractivity contribution in [2.45, 2.75) is 19.9 Å². The Labute approximate surface area is 134 Å². The molecule has 0 saturated carbocycles. The van der Waals surface area contributed by atoms with Crippen LogP contribution in [-0.2, 0) is 6.54 Å². The van der Waals surface area contributed by atoms with E-state index in [1.165, 1.54) is 4.88 Å². The molecule has 0 spiro atoms. The molecule has 5 nitrogen and oxygen atoms in total. The van der Waals surface area contributed by atoms with Crippen LogP contribution in [0.3, 0.4) is 0 Å². The number of hydrogen-bond donors (Lipinski definition) is 0. The Morgan fingerprint density at radius 3 is 2.95 bits per heavy atom. The number of aromatic nitrogens is 2. The van der Waals surface area contributed by atoms with E-state index in [0.29, 0.717) is 5.56 Å². The first-order valence-corrected chi connectivity index (χ1v) is 8.37. The lowest BCUT2D eigenvalue weighted by atomic mass is 10.2. The molecule has 1 saturated heterocycles. The topological polar surface area (TPSA) is 56.1 Å². The molecule has 1 fully saturated rings. The monoisotopic (exact) mass is 313 g/mol. The first-order valence-electron chi connectivity index (χ1n) is 7.49. The van der Waals surface area contributed by atoms with Crippen molar-refractivity contribution in [3.05, 3.63) is 40.0 Å². The second kappa shape index (κ2) is 6.86. The molecule has 2 aromatic heterocycles. The van der Waals surface area contributed by atoms with Gasteiger partial charge in [-0.3, -0.25) is 4.90 Å². The molecule has 0 aromatic carbocycles. The Morgan fingerprint density at radius 2 is 2.18 bits per heavy atom. The SMILES string of the molecule is Cc1ncsc1CN1CCCN(c2ncccc2C#N)CC1. The van der Waals surface area contributed by atoms with Gasteiger partial charge in [0.25, 0.3) is 0 Å². The van der Waals surface area contributed by atoms with Crippen molar-refractivity contribution in [2.75, 3.05) is 31.1 Å². The minimum absolute atomic E-state index is 0.661. The summed E-state index contributed by atoms with van der Waals surface area (Å²) in [4.78, 5) is 14.8. The van der Waals surface area contributed by atoms with Crippen LogP contribution in [-0.4, -0.2) is 41.0 Å². The van der Waals surface area contributed by atoms with Crippen LogP contribution in [0.15, 0.2) is 23.8 Å². The Bertz CT molecular complexity index is 675. The van der Waals surface area contributed by atoms with Crippen molar-refractivity contribution in [3.8, 4) is 6.07 Å². The molecule has 3 heterocycles. The average Bonchev–Trinajstić information content (AvgIpc) is 2.81. The Balaban J connectivity index is 1.67. The van der Waals surface area contributed by atoms with Crippen LogP contribution in [0, 0.1) is 18.3 Å². The van der Waals surface area contributed by atoms with Crippen molar-refractivity contribution in [3.63, 3.8) is 0 Å². The highest BCUT2D eigenvalue weighted by Crippen LogP contribution is 2.20. The van der Waals surface area contributed by atoms with Crippen LogP contribution in [0.2, 0.25) is 0 Å². The van der Waals surface area contributed by atoms with E-state index in [1.807, 2.05) is 17.6 Å². The number of pyridine rings is 1. The summed E-state index contributed by atoms with van der Waals surface area (Å²) < 4.78 is 0. The Morgan fingerprint density at radius 1 is 1.27 bits per heavy atom. The molecule has 2 aromatic rings. The van der Waals surface area contributed by atoms with E-state index < -0.39 is 0 Å². The summed E-state index contributed by atoms with van der Waals surface area (Å²) in [6, 6.07) is 5.90. The Hall–Kier alpha value is -1.97. The lowest BCUT2D eigenvalue weighted by Gasteiger charge is -2.23. The number of rotatable bonds is 3. The lowest BCUT2D eigenvalue weighted by molar-refractivity contribution is 0.287. The molecular weight excluding hydrogens is 294 g/mol. The Kier molecular flexibility index (Phi) is 4.66. The van der Waals surface area contributed by atoms with Gasteiger partial charge in [0, 0.05) is 43.8 Å². The summed E-state index contributed by atoms with van der Waals surface area (Å²) in [5.41, 5.74) is 3.72. The summed E-state index contributed by atoms with van der Waals surface area (Å²) in [6.45, 7) is 6.95. The summed E-state index contributed by atoms with van der Waals surface area (Å²) in [6.07, 6.45) is 2.85. The van der Waals surface area contributed by atoms with Gasteiger partial charge in [-0.15, -0.1) is 11.3 Å². The second-order valence-electron chi connectivity index (χ2n) is 5.46. The first-order chi connectivity index (χ1) is 10.8. The maximum Gasteiger partial charge on any atom is 0.146 e. The number of hydrogen-bond acceptors (Lipinski definition) is 6. The third-order valence-electron chi connectivity index (χ3n) is 4.01. The van der Waals surface area contributed by atoms with Crippen molar-refractivity contribution >= 4 is 17.2 Å². The zero-order chi connectivity index (χ0) is 15.4. The molecule has 114 valence electrons. The van der Waals surface area contributed by atoms with Crippen LogP contribution in [0.25, 0.3) is 0 Å². The molecule has 0 unspecified atom stereocenters. The number of nitriles is 1. The van der Waals surface area contributed by atoms with Crippen LogP contribution in [0.5, 0.6) is 0 Å². The molecule has 0 aliphatic carbocycles. The van der Waals surface area contributed by atoms with E-state index in [0.717, 1.165) is 50.7 Å². The largest absolute Gasteiger partial charge is 0.354 e. The molecule has 0 bridgehead atoms. The fourth-order valence-electron chi connectivity index (χ4n) is 2.76. The van der Waals surface area contributed by atoms with Crippen molar-refractivity contribution < 1.29 is 0 Å². The van der Waals surface area contributed by atoms with Crippen molar-refractivity contribution in [1.29, 1.82) is 5.26 Å². The smallest absolute Gasteiger partial charge is 0.146 e. The van der Waals surface area contributed by atoms with E-state index in [-0.39, 0.29) is 0 Å². The molecule has 0 N–H and O–H groups in total. The zero-order valence-electron chi connectivity index (χ0n) is 12.7. The van der Waals surface area contributed by atoms with Gasteiger partial charge in [-0.1, -0.05) is 0 Å². The van der Waals surface area contributed by atoms with Gasteiger partial charge in [0.15, 0.2) is 0 Å². The van der Waals surface area contributed by atoms with Gasteiger partial charge in [-0.05, 0) is 25.5 Å². The third-order valence-corrected chi connectivity index (χ3v) is 4.93. The van der Waals surface area contributed by atoms with Crippen LogP contribution >= 0.6 is 11.3 Å². The molecule has 0 radical (unpaired) electrons. The summed E-state index contributed by atoms with van der Waals surface area (Å²) >= 11 is 1.73. The van der Waals surface area contributed by atoms with Gasteiger partial charge >= 0.3 is 0 Å². The van der Waals surface area contributed by atoms with Gasteiger partial charge in [0.05, 0.1) is 16.8 Å². The molecule has 22 heavy (non-hydrogen) atoms. The maximum absolute atomic E-state index is 9.24. The fraction of sp³-hybridized carbons (Fsp3) is 0.438. The zero-order valence-corrected chi connectivity index (χ0v) is 13.5. The van der Waals surface area contributed by atoms with E-state index in [1.54, 1.807) is 17.5 Å². The van der Waals surface area contributed by atoms with E-state index in [4.69, 9.17) is 0 Å². The van der Waals surface area contributed by atoms with Crippen molar-refractivity contribution in [2.24, 2.45) is 0 Å². The standard InChI is InChI=1S/C16H19N5S/c1-13-15(22-12-19-13)11-20-6-3-7-21(9-8-20)16-14(10-17)4-2-5-18-16/h2,4-5,12H,3,6-9,11H2,1H3. The van der Waals surface area contributed by atoms with Gasteiger partial charge in [-0.25, -0.2) is 9.97 Å². The molecule has 3 rings (SSSR count). The highest BCUT2D eigenvalue weighted by Gasteiger charge is 2.19. The first kappa shape index (κ1) is 14.9. The number of thiazole rings is 1. The highest BCUT2D eigenvalue weighted by atomic mass is 32.1. The normalized spacial score (nSPS) is 16.3. The quantitative estimate of drug-likeness (QED) is 0.871. The van der Waals surface area contributed by atoms with Gasteiger partial charge in [-0.2, -0.15) is 5.26 Å². The average molecular weight is 313 g/mol. The van der Waals surface area contributed by atoms with E-state index >= 15 is 0 Å². The molecule has 6 heteroatoms. The molecule has 0 amide bonds. The maximum atomic E-state index is 9.24. The van der Waals surface area contributed by atoms with E-state index in [9.17, 15) is 5.26 Å². The lowest BCUT2D eigenvalue weighted by Crippen LogP contribution is -2.31. The summed E-state index contributed by atoms with van der Waals surface area (Å²) in [5.74, 6) is 0.820. The van der Waals surface area contributed by atoms with Crippen LogP contribution in [0.1, 0.15) is 22.6 Å². The fourth-order valence-corrected chi connectivity index (χ4v) is 3.58. The molecule has 1 aliphatic heterocycles. The summed E-state index contributed by atoms with van der Waals surface area (Å²) in [5, 5.41) is 9.24. The summed E-state index contributed by atoms with van der Waals surface area (Å²) in [7, 11) is 0. The molecule has 0 atom stereocenters. The van der Waals surface area contributed by atoms with Crippen molar-refractivity contribution in [1.82, 2.24) is 14.9 Å². The van der Waals surface area contributed by atoms with Gasteiger partial charge < -0.3 is 4.90 Å². The number of anilines is 1. The molecular formula is C16H19N5S. The predicted octanol–water partition coefficient (Wildman–Crippen LogP) is 2.43. The number of aryl methyl sites for hydroxylation is 1. The van der Waals surface area contributed by atoms with Crippen LogP contribution < -0.4 is 4.90 Å². The minimum atomic E-state index is 0.661. The minimum Gasteiger partial charge on any atom is -0.354 e. The van der Waals surface area contributed by atoms with Gasteiger partial charge in [0.2, 0.25) is 0 Å². The third kappa shape index (κ3) is 3.26. The van der Waals surface area contributed by atoms with Gasteiger partial charge in [0.1, 0.15) is 11.9 Å². The molecule has 1 aliphatic rings. The highest BCUT2D eigenvalue weighted by molar-refractivity contribution is 7.09. The van der Waals surface area contributed by atoms with Crippen LogP contribution in [0.4, 0.5) is 5.82 Å². The van der Waals surface area contributed by atoms with E-state index in [2.05, 4.69) is 32.8 Å². The predicted molar refractivity (Wildman–Crippen MR) is 87.9 cm³/mol. The number of nitrogens with zero attached hydrogens (tertiary/aromatic N) is 5.